The molecule has 0 aromatic heterocycles. The molecular weight excluding hydrogens is 579 g/mol. The van der Waals surface area contributed by atoms with Crippen LogP contribution in [0.25, 0.3) is 0 Å². The Hall–Kier alpha value is -0.350. The lowest BCUT2D eigenvalue weighted by Gasteiger charge is -2.17. The van der Waals surface area contributed by atoms with E-state index >= 15 is 0 Å². The minimum Gasteiger partial charge on any atom is -0.394 e. The van der Waals surface area contributed by atoms with E-state index in [1.54, 1.807) is 0 Å². The van der Waals surface area contributed by atoms with Gasteiger partial charge in [-0.15, -0.1) is 0 Å². The molecule has 268 valence electrons. The molecule has 1 unspecified atom stereocenters. The molecule has 45 heavy (non-hydrogen) atoms. The topological polar surface area (TPSA) is 83.8 Å². The van der Waals surface area contributed by atoms with Gasteiger partial charge in [0.15, 0.2) is 19.2 Å². The zero-order valence-corrected chi connectivity index (χ0v) is 31.1. The highest BCUT2D eigenvalue weighted by molar-refractivity contribution is 7.85. The predicted octanol–water partition coefficient (Wildman–Crippen LogP) is 12.3. The van der Waals surface area contributed by atoms with Gasteiger partial charge in [0.2, 0.25) is 0 Å². The summed E-state index contributed by atoms with van der Waals surface area (Å²) in [6, 6.07) is 0. The summed E-state index contributed by atoms with van der Waals surface area (Å²) < 4.78 is 5.62. The van der Waals surface area contributed by atoms with Crippen LogP contribution in [-0.2, 0) is 14.1 Å². The zero-order valence-electron chi connectivity index (χ0n) is 30.2. The first kappa shape index (κ1) is 44.6. The normalized spacial score (nSPS) is 12.3. The van der Waals surface area contributed by atoms with Crippen LogP contribution in [0.1, 0.15) is 219 Å². The van der Waals surface area contributed by atoms with E-state index in [9.17, 15) is 14.7 Å². The van der Waals surface area contributed by atoms with Crippen molar-refractivity contribution in [3.63, 3.8) is 0 Å². The molecule has 0 aliphatic carbocycles. The summed E-state index contributed by atoms with van der Waals surface area (Å²) in [5, 5.41) is 18.9. The van der Waals surface area contributed by atoms with Gasteiger partial charge in [-0.2, -0.15) is 0 Å². The maximum absolute atomic E-state index is 12.9. The van der Waals surface area contributed by atoms with Crippen molar-refractivity contribution in [3.05, 3.63) is 0 Å². The van der Waals surface area contributed by atoms with Gasteiger partial charge in [0, 0.05) is 12.8 Å². The Balaban J connectivity index is 3.92. The molecule has 6 heteroatoms. The third-order valence-electron chi connectivity index (χ3n) is 9.05. The molecular formula is C39H77O5P. The quantitative estimate of drug-likeness (QED) is 0.0510. The lowest BCUT2D eigenvalue weighted by molar-refractivity contribution is -0.115. The second-order valence-electron chi connectivity index (χ2n) is 13.6. The van der Waals surface area contributed by atoms with Crippen molar-refractivity contribution in [2.24, 2.45) is 0 Å². The Kier molecular flexibility index (Phi) is 36.2. The van der Waals surface area contributed by atoms with Crippen LogP contribution in [0.15, 0.2) is 0 Å². The summed E-state index contributed by atoms with van der Waals surface area (Å²) in [7, 11) is -1.86. The van der Waals surface area contributed by atoms with Gasteiger partial charge in [0.05, 0.1) is 13.2 Å². The molecule has 0 saturated heterocycles. The Morgan fingerprint density at radius 3 is 0.956 bits per heavy atom. The maximum atomic E-state index is 12.9. The van der Waals surface area contributed by atoms with Crippen LogP contribution >= 0.6 is 8.15 Å². The molecule has 0 bridgehead atoms. The highest BCUT2D eigenvalue weighted by atomic mass is 31.1. The molecule has 0 saturated carbocycles. The Morgan fingerprint density at radius 1 is 0.467 bits per heavy atom. The Morgan fingerprint density at radius 2 is 0.711 bits per heavy atom. The molecule has 0 spiro atoms. The Bertz CT molecular complexity index is 583. The number of hydrogen-bond donors (Lipinski definition) is 2. The third kappa shape index (κ3) is 32.0. The van der Waals surface area contributed by atoms with Crippen molar-refractivity contribution in [1.82, 2.24) is 0 Å². The van der Waals surface area contributed by atoms with Crippen molar-refractivity contribution >= 4 is 19.2 Å². The molecule has 0 aliphatic heterocycles. The standard InChI is InChI=1S/C39H77O5P/c1-3-5-7-9-11-13-15-17-19-21-23-25-27-29-31-33-38(42)45(44-36-37(41)35-40)39(43)34-32-30-28-26-24-22-20-18-16-14-12-10-8-6-4-2/h37,40-41H,3-36H2,1-2H3. The van der Waals surface area contributed by atoms with Gasteiger partial charge in [-0.05, 0) is 12.8 Å². The van der Waals surface area contributed by atoms with Gasteiger partial charge in [0.1, 0.15) is 6.10 Å². The van der Waals surface area contributed by atoms with E-state index in [2.05, 4.69) is 13.8 Å². The van der Waals surface area contributed by atoms with Crippen LogP contribution in [-0.4, -0.2) is 40.6 Å². The maximum Gasteiger partial charge on any atom is 0.189 e. The van der Waals surface area contributed by atoms with Gasteiger partial charge in [-0.1, -0.05) is 194 Å². The van der Waals surface area contributed by atoms with E-state index in [1.807, 2.05) is 0 Å². The highest BCUT2D eigenvalue weighted by Crippen LogP contribution is 2.42. The van der Waals surface area contributed by atoms with E-state index in [1.165, 1.54) is 154 Å². The fraction of sp³-hybridized carbons (Fsp3) is 0.949. The van der Waals surface area contributed by atoms with Crippen LogP contribution in [0, 0.1) is 0 Å². The van der Waals surface area contributed by atoms with E-state index in [0.29, 0.717) is 12.8 Å². The first-order chi connectivity index (χ1) is 22.1. The van der Waals surface area contributed by atoms with Crippen LogP contribution in [0.4, 0.5) is 0 Å². The molecule has 0 aromatic rings. The molecule has 0 amide bonds. The first-order valence-electron chi connectivity index (χ1n) is 19.8. The van der Waals surface area contributed by atoms with Crippen molar-refractivity contribution in [3.8, 4) is 0 Å². The van der Waals surface area contributed by atoms with Crippen LogP contribution in [0.3, 0.4) is 0 Å². The summed E-state index contributed by atoms with van der Waals surface area (Å²) >= 11 is 0. The van der Waals surface area contributed by atoms with E-state index < -0.39 is 20.9 Å². The van der Waals surface area contributed by atoms with Crippen LogP contribution in [0.2, 0.25) is 0 Å². The van der Waals surface area contributed by atoms with Crippen molar-refractivity contribution in [2.45, 2.75) is 225 Å². The third-order valence-corrected chi connectivity index (χ3v) is 10.8. The number of rotatable bonds is 38. The number of hydrogen-bond acceptors (Lipinski definition) is 5. The summed E-state index contributed by atoms with van der Waals surface area (Å²) in [5.41, 5.74) is -0.202. The van der Waals surface area contributed by atoms with Gasteiger partial charge in [-0.25, -0.2) is 0 Å². The number of carbonyl (C=O) groups is 2. The molecule has 0 radical (unpaired) electrons. The van der Waals surface area contributed by atoms with Crippen molar-refractivity contribution in [2.75, 3.05) is 13.2 Å². The zero-order chi connectivity index (χ0) is 33.1. The predicted molar refractivity (Wildman–Crippen MR) is 195 cm³/mol. The SMILES string of the molecule is CCCCCCCCCCCCCCCCCC(=O)P(OCC(O)CO)C(=O)CCCCCCCCCCCCCCCCC. The molecule has 0 fully saturated rings. The highest BCUT2D eigenvalue weighted by Gasteiger charge is 2.27. The van der Waals surface area contributed by atoms with E-state index in [-0.39, 0.29) is 17.7 Å². The number of aliphatic hydroxyl groups excluding tert-OH is 2. The molecule has 2 N–H and O–H groups in total. The number of unbranched alkanes of at least 4 members (excludes halogenated alkanes) is 28. The number of aliphatic hydroxyl groups is 2. The first-order valence-corrected chi connectivity index (χ1v) is 21.1. The minimum atomic E-state index is -1.86. The van der Waals surface area contributed by atoms with E-state index in [4.69, 9.17) is 9.63 Å². The molecule has 1 atom stereocenters. The van der Waals surface area contributed by atoms with Crippen LogP contribution in [0.5, 0.6) is 0 Å². The molecule has 0 aliphatic rings. The summed E-state index contributed by atoms with van der Waals surface area (Å²) in [4.78, 5) is 25.8. The smallest absolute Gasteiger partial charge is 0.189 e. The lowest BCUT2D eigenvalue weighted by Crippen LogP contribution is -2.20. The fourth-order valence-electron chi connectivity index (χ4n) is 5.99. The molecule has 5 nitrogen and oxygen atoms in total. The van der Waals surface area contributed by atoms with E-state index in [0.717, 1.165) is 38.5 Å². The lowest BCUT2D eigenvalue weighted by atomic mass is 10.0. The minimum absolute atomic E-state index is 0.101. The van der Waals surface area contributed by atoms with Crippen molar-refractivity contribution in [1.29, 1.82) is 0 Å². The van der Waals surface area contributed by atoms with Crippen molar-refractivity contribution < 1.29 is 24.3 Å². The average Bonchev–Trinajstić information content (AvgIpc) is 3.04. The molecule has 0 rings (SSSR count). The van der Waals surface area contributed by atoms with Gasteiger partial charge in [-0.3, -0.25) is 9.59 Å². The molecule has 0 aromatic carbocycles. The van der Waals surface area contributed by atoms with Gasteiger partial charge < -0.3 is 14.7 Å². The van der Waals surface area contributed by atoms with Crippen LogP contribution < -0.4 is 0 Å². The van der Waals surface area contributed by atoms with Gasteiger partial charge in [0.25, 0.3) is 0 Å². The largest absolute Gasteiger partial charge is 0.394 e. The second-order valence-corrected chi connectivity index (χ2v) is 15.5. The molecule has 0 heterocycles. The fourth-order valence-corrected chi connectivity index (χ4v) is 7.60. The monoisotopic (exact) mass is 657 g/mol. The average molecular weight is 657 g/mol. The number of carbonyl (C=O) groups excluding carboxylic acids is 2. The Labute approximate surface area is 281 Å². The summed E-state index contributed by atoms with van der Waals surface area (Å²) in [6.07, 6.45) is 38.0. The summed E-state index contributed by atoms with van der Waals surface area (Å²) in [6.45, 7) is 3.96. The second kappa shape index (κ2) is 36.5. The summed E-state index contributed by atoms with van der Waals surface area (Å²) in [5.74, 6) is 0. The van der Waals surface area contributed by atoms with Gasteiger partial charge >= 0.3 is 0 Å².